The fourth-order valence-corrected chi connectivity index (χ4v) is 2.42. The Hall–Kier alpha value is -1.57. The maximum atomic E-state index is 11.1. The van der Waals surface area contributed by atoms with E-state index in [-0.39, 0.29) is 28.8 Å². The summed E-state index contributed by atoms with van der Waals surface area (Å²) in [6.07, 6.45) is -1.87. The van der Waals surface area contributed by atoms with E-state index < -0.39 is 12.2 Å². The summed E-state index contributed by atoms with van der Waals surface area (Å²) < 4.78 is 10.3. The van der Waals surface area contributed by atoms with Gasteiger partial charge in [-0.2, -0.15) is 0 Å². The Morgan fingerprint density at radius 3 is 2.65 bits per heavy atom. The maximum Gasteiger partial charge on any atom is 0.231 e. The van der Waals surface area contributed by atoms with Gasteiger partial charge < -0.3 is 19.7 Å². The monoisotopic (exact) mass is 298 g/mol. The van der Waals surface area contributed by atoms with E-state index >= 15 is 0 Å². The summed E-state index contributed by atoms with van der Waals surface area (Å²) in [5, 5.41) is 19.8. The average molecular weight is 298 g/mol. The highest BCUT2D eigenvalue weighted by Gasteiger charge is 2.25. The number of fused-ring (bicyclic) bond motifs is 1. The summed E-state index contributed by atoms with van der Waals surface area (Å²) in [7, 11) is 0. The number of benzene rings is 1. The molecule has 0 saturated heterocycles. The normalized spacial score (nSPS) is 15.8. The van der Waals surface area contributed by atoms with Gasteiger partial charge in [0.15, 0.2) is 22.9 Å². The molecule has 1 aliphatic heterocycles. The Morgan fingerprint density at radius 2 is 2.05 bits per heavy atom. The van der Waals surface area contributed by atoms with Gasteiger partial charge in [0.05, 0.1) is 6.10 Å². The van der Waals surface area contributed by atoms with Gasteiger partial charge in [0.1, 0.15) is 6.10 Å². The molecule has 108 valence electrons. The van der Waals surface area contributed by atoms with Crippen molar-refractivity contribution in [3.05, 3.63) is 23.3 Å². The van der Waals surface area contributed by atoms with Crippen LogP contribution < -0.4 is 9.47 Å². The van der Waals surface area contributed by atoms with Crippen LogP contribution >= 0.6 is 11.8 Å². The number of carbonyl (C=O) groups excluding carboxylic acids is 2. The minimum absolute atomic E-state index is 0.0449. The van der Waals surface area contributed by atoms with Gasteiger partial charge in [-0.25, -0.2) is 0 Å². The molecule has 1 aromatic carbocycles. The number of hydrogen-bond donors (Lipinski definition) is 2. The fourth-order valence-electron chi connectivity index (χ4n) is 1.83. The lowest BCUT2D eigenvalue weighted by molar-refractivity contribution is -0.109. The molecule has 1 aliphatic rings. The van der Waals surface area contributed by atoms with Gasteiger partial charge in [0.2, 0.25) is 6.79 Å². The van der Waals surface area contributed by atoms with Gasteiger partial charge in [0.25, 0.3) is 0 Å². The number of aliphatic hydroxyl groups excluding tert-OH is 2. The van der Waals surface area contributed by atoms with Crippen molar-refractivity contribution in [3.8, 4) is 11.5 Å². The van der Waals surface area contributed by atoms with Crippen LogP contribution in [0.4, 0.5) is 0 Å². The van der Waals surface area contributed by atoms with E-state index in [1.807, 2.05) is 0 Å². The Labute approximate surface area is 119 Å². The van der Waals surface area contributed by atoms with Crippen LogP contribution in [0.1, 0.15) is 28.9 Å². The summed E-state index contributed by atoms with van der Waals surface area (Å²) in [5.41, 5.74) is 0.467. The standard InChI is InChI=1S/C13H14O6S/c1-7(15)20-5-10(16)13(17)9-3-12-11(18-6-19-12)2-8(9)4-14/h2-4,10,13,16-17H,5-6H2,1H3. The number of carbonyl (C=O) groups is 2. The molecule has 2 N–H and O–H groups in total. The van der Waals surface area contributed by atoms with Crippen LogP contribution in [-0.2, 0) is 4.79 Å². The molecule has 2 rings (SSSR count). The first-order valence-electron chi connectivity index (χ1n) is 5.91. The highest BCUT2D eigenvalue weighted by Crippen LogP contribution is 2.37. The third-order valence-electron chi connectivity index (χ3n) is 2.85. The molecule has 20 heavy (non-hydrogen) atoms. The maximum absolute atomic E-state index is 11.1. The molecule has 0 spiro atoms. The molecule has 7 heteroatoms. The van der Waals surface area contributed by atoms with Gasteiger partial charge in [-0.1, -0.05) is 11.8 Å². The van der Waals surface area contributed by atoms with Crippen LogP contribution in [0.3, 0.4) is 0 Å². The van der Waals surface area contributed by atoms with Crippen molar-refractivity contribution in [1.29, 1.82) is 0 Å². The molecule has 0 fully saturated rings. The van der Waals surface area contributed by atoms with Crippen LogP contribution in [0.5, 0.6) is 11.5 Å². The van der Waals surface area contributed by atoms with E-state index in [2.05, 4.69) is 0 Å². The van der Waals surface area contributed by atoms with Gasteiger partial charge in [-0.05, 0) is 17.7 Å². The van der Waals surface area contributed by atoms with E-state index in [9.17, 15) is 19.8 Å². The van der Waals surface area contributed by atoms with Gasteiger partial charge in [-0.3, -0.25) is 9.59 Å². The number of rotatable bonds is 5. The average Bonchev–Trinajstić information content (AvgIpc) is 2.89. The SMILES string of the molecule is CC(=O)SCC(O)C(O)c1cc2c(cc1C=O)OCO2. The Bertz CT molecular complexity index is 530. The highest BCUT2D eigenvalue weighted by molar-refractivity contribution is 8.13. The molecular weight excluding hydrogens is 284 g/mol. The summed E-state index contributed by atoms with van der Waals surface area (Å²) in [6.45, 7) is 1.43. The number of ether oxygens (including phenoxy) is 2. The van der Waals surface area contributed by atoms with E-state index in [0.717, 1.165) is 11.8 Å². The van der Waals surface area contributed by atoms with Gasteiger partial charge in [0, 0.05) is 18.2 Å². The van der Waals surface area contributed by atoms with Crippen LogP contribution in [0.25, 0.3) is 0 Å². The Kier molecular flexibility index (Phi) is 4.64. The summed E-state index contributed by atoms with van der Waals surface area (Å²) in [6, 6.07) is 2.93. The molecule has 1 aromatic rings. The number of thioether (sulfide) groups is 1. The Balaban J connectivity index is 2.22. The molecule has 1 heterocycles. The van der Waals surface area contributed by atoms with Crippen LogP contribution in [-0.4, -0.2) is 40.3 Å². The van der Waals surface area contributed by atoms with Crippen LogP contribution in [0.2, 0.25) is 0 Å². The predicted octanol–water partition coefficient (Wildman–Crippen LogP) is 0.902. The second-order valence-electron chi connectivity index (χ2n) is 4.27. The largest absolute Gasteiger partial charge is 0.454 e. The first-order valence-corrected chi connectivity index (χ1v) is 6.89. The molecule has 0 aromatic heterocycles. The van der Waals surface area contributed by atoms with Crippen molar-refractivity contribution in [1.82, 2.24) is 0 Å². The molecule has 0 aliphatic carbocycles. The number of hydrogen-bond acceptors (Lipinski definition) is 7. The zero-order valence-corrected chi connectivity index (χ0v) is 11.6. The van der Waals surface area contributed by atoms with Crippen molar-refractivity contribution in [2.45, 2.75) is 19.1 Å². The first-order chi connectivity index (χ1) is 9.52. The molecule has 0 amide bonds. The third-order valence-corrected chi connectivity index (χ3v) is 3.76. The van der Waals surface area contributed by atoms with E-state index in [1.54, 1.807) is 0 Å². The lowest BCUT2D eigenvalue weighted by Crippen LogP contribution is -2.22. The van der Waals surface area contributed by atoms with Crippen LogP contribution in [0.15, 0.2) is 12.1 Å². The van der Waals surface area contributed by atoms with Crippen molar-refractivity contribution in [2.24, 2.45) is 0 Å². The zero-order chi connectivity index (χ0) is 14.7. The van der Waals surface area contributed by atoms with E-state index in [1.165, 1.54) is 19.1 Å². The van der Waals surface area contributed by atoms with Crippen molar-refractivity contribution in [3.63, 3.8) is 0 Å². The van der Waals surface area contributed by atoms with E-state index in [4.69, 9.17) is 9.47 Å². The molecule has 0 bridgehead atoms. The van der Waals surface area contributed by atoms with Crippen molar-refractivity contribution >= 4 is 23.2 Å². The number of aldehydes is 1. The quantitative estimate of drug-likeness (QED) is 0.780. The van der Waals surface area contributed by atoms with Gasteiger partial charge in [-0.15, -0.1) is 0 Å². The second kappa shape index (κ2) is 6.25. The fraction of sp³-hybridized carbons (Fsp3) is 0.385. The van der Waals surface area contributed by atoms with Gasteiger partial charge >= 0.3 is 0 Å². The minimum Gasteiger partial charge on any atom is -0.454 e. The Morgan fingerprint density at radius 1 is 1.40 bits per heavy atom. The highest BCUT2D eigenvalue weighted by atomic mass is 32.2. The summed E-state index contributed by atoms with van der Waals surface area (Å²) in [5.74, 6) is 0.884. The topological polar surface area (TPSA) is 93.1 Å². The predicted molar refractivity (Wildman–Crippen MR) is 72.1 cm³/mol. The summed E-state index contributed by atoms with van der Waals surface area (Å²) >= 11 is 0.908. The van der Waals surface area contributed by atoms with Crippen molar-refractivity contribution in [2.75, 3.05) is 12.5 Å². The number of aliphatic hydroxyl groups is 2. The third kappa shape index (κ3) is 3.12. The zero-order valence-electron chi connectivity index (χ0n) is 10.7. The molecule has 0 saturated carbocycles. The van der Waals surface area contributed by atoms with Crippen LogP contribution in [0, 0.1) is 0 Å². The minimum atomic E-state index is -1.28. The molecule has 6 nitrogen and oxygen atoms in total. The molecular formula is C13H14O6S. The van der Waals surface area contributed by atoms with E-state index in [0.29, 0.717) is 17.8 Å². The molecule has 2 atom stereocenters. The molecule has 0 radical (unpaired) electrons. The lowest BCUT2D eigenvalue weighted by Gasteiger charge is -2.19. The summed E-state index contributed by atoms with van der Waals surface area (Å²) in [4.78, 5) is 21.9. The first kappa shape index (κ1) is 14.8. The second-order valence-corrected chi connectivity index (χ2v) is 5.46. The molecule has 2 unspecified atom stereocenters. The lowest BCUT2D eigenvalue weighted by atomic mass is 9.99. The van der Waals surface area contributed by atoms with Crippen molar-refractivity contribution < 1.29 is 29.3 Å². The smallest absolute Gasteiger partial charge is 0.231 e.